The Hall–Kier alpha value is -4.43. The Labute approximate surface area is 257 Å². The van der Waals surface area contributed by atoms with Crippen molar-refractivity contribution in [1.29, 1.82) is 0 Å². The van der Waals surface area contributed by atoms with E-state index in [0.717, 1.165) is 59.1 Å². The van der Waals surface area contributed by atoms with Gasteiger partial charge in [0.05, 0.1) is 24.5 Å². The molecule has 1 aliphatic rings. The number of hydrogen-bond donors (Lipinski definition) is 1. The van der Waals surface area contributed by atoms with E-state index in [9.17, 15) is 14.7 Å². The lowest BCUT2D eigenvalue weighted by Crippen LogP contribution is -2.42. The molecule has 0 spiro atoms. The second kappa shape index (κ2) is 12.3. The average Bonchev–Trinajstić information content (AvgIpc) is 3.60. The van der Waals surface area contributed by atoms with Crippen LogP contribution in [0.5, 0.6) is 0 Å². The van der Waals surface area contributed by atoms with Gasteiger partial charge in [-0.1, -0.05) is 25.1 Å². The molecule has 0 saturated heterocycles. The van der Waals surface area contributed by atoms with E-state index in [4.69, 9.17) is 9.15 Å². The van der Waals surface area contributed by atoms with Crippen molar-refractivity contribution >= 4 is 39.5 Å². The number of ether oxygens (including phenoxy) is 1. The first-order chi connectivity index (χ1) is 21.2. The summed E-state index contributed by atoms with van der Waals surface area (Å²) in [5.74, 6) is 0.377. The zero-order valence-corrected chi connectivity index (χ0v) is 25.7. The van der Waals surface area contributed by atoms with E-state index in [2.05, 4.69) is 36.2 Å². The normalized spacial score (nSPS) is 17.0. The van der Waals surface area contributed by atoms with E-state index in [1.807, 2.05) is 55.8 Å². The lowest BCUT2D eigenvalue weighted by Gasteiger charge is -2.34. The van der Waals surface area contributed by atoms with Crippen molar-refractivity contribution in [3.05, 3.63) is 89.5 Å². The number of imidazole rings is 1. The van der Waals surface area contributed by atoms with Crippen molar-refractivity contribution < 1.29 is 23.8 Å². The van der Waals surface area contributed by atoms with Gasteiger partial charge in [0.15, 0.2) is 0 Å². The van der Waals surface area contributed by atoms with E-state index >= 15 is 0 Å². The third-order valence-electron chi connectivity index (χ3n) is 8.84. The Morgan fingerprint density at radius 1 is 0.977 bits per heavy atom. The Bertz CT molecular complexity index is 1810. The molecule has 0 atom stereocenters. The monoisotopic (exact) mass is 593 g/mol. The number of carboxylic acids is 1. The minimum absolute atomic E-state index is 0.00355. The maximum absolute atomic E-state index is 13.8. The van der Waals surface area contributed by atoms with E-state index in [0.29, 0.717) is 36.0 Å². The third-order valence-corrected chi connectivity index (χ3v) is 8.84. The van der Waals surface area contributed by atoms with Crippen molar-refractivity contribution in [2.75, 3.05) is 4.90 Å². The van der Waals surface area contributed by atoms with E-state index in [1.165, 1.54) is 0 Å². The quantitative estimate of drug-likeness (QED) is 0.186. The van der Waals surface area contributed by atoms with Crippen LogP contribution in [0.15, 0.2) is 71.4 Å². The zero-order valence-electron chi connectivity index (χ0n) is 25.7. The number of hydrogen-bond acceptors (Lipinski definition) is 5. The Morgan fingerprint density at radius 2 is 1.66 bits per heavy atom. The molecule has 8 heteroatoms. The summed E-state index contributed by atoms with van der Waals surface area (Å²) in [7, 11) is 0. The first kappa shape index (κ1) is 29.6. The SMILES string of the molecule is Cc1nccn1-c1ccc(COCc2ccc3oc4cc(C(=O)O)c(N(C(=O)C5CCC(C)CC5)C(C)C)cc4c3c2)cc1. The summed E-state index contributed by atoms with van der Waals surface area (Å²) in [6, 6.07) is 17.3. The smallest absolute Gasteiger partial charge is 0.337 e. The van der Waals surface area contributed by atoms with Crippen molar-refractivity contribution in [3.63, 3.8) is 0 Å². The molecule has 8 nitrogen and oxygen atoms in total. The summed E-state index contributed by atoms with van der Waals surface area (Å²) in [4.78, 5) is 32.2. The lowest BCUT2D eigenvalue weighted by atomic mass is 9.82. The molecule has 228 valence electrons. The molecular weight excluding hydrogens is 554 g/mol. The summed E-state index contributed by atoms with van der Waals surface area (Å²) in [5, 5.41) is 11.8. The number of fused-ring (bicyclic) bond motifs is 3. The van der Waals surface area contributed by atoms with E-state index in [-0.39, 0.29) is 23.4 Å². The molecule has 6 rings (SSSR count). The van der Waals surface area contributed by atoms with Crippen LogP contribution in [-0.2, 0) is 22.7 Å². The number of carbonyl (C=O) groups excluding carboxylic acids is 1. The van der Waals surface area contributed by atoms with Gasteiger partial charge in [0.1, 0.15) is 17.0 Å². The standard InChI is InChI=1S/C36H39N3O5/c1-22(2)39(35(40)27-10-5-23(3)6-11-27)32-18-30-29-17-26(9-14-33(29)44-34(30)19-31(32)36(41)42)21-43-20-25-7-12-28(13-8-25)38-16-15-37-24(38)4/h7-9,12-19,22-23,27H,5-6,10-11,20-21H2,1-4H3,(H,41,42). The number of benzene rings is 3. The highest BCUT2D eigenvalue weighted by atomic mass is 16.5. The Balaban J connectivity index is 1.25. The molecule has 0 unspecified atom stereocenters. The predicted molar refractivity (Wildman–Crippen MR) is 171 cm³/mol. The van der Waals surface area contributed by atoms with Crippen LogP contribution < -0.4 is 4.90 Å². The van der Waals surface area contributed by atoms with Crippen LogP contribution in [0.2, 0.25) is 0 Å². The van der Waals surface area contributed by atoms with Crippen LogP contribution in [-0.4, -0.2) is 32.6 Å². The second-order valence-corrected chi connectivity index (χ2v) is 12.4. The molecule has 0 aliphatic heterocycles. The van der Waals surface area contributed by atoms with Gasteiger partial charge < -0.3 is 23.7 Å². The third kappa shape index (κ3) is 5.86. The number of nitrogens with zero attached hydrogens (tertiary/aromatic N) is 3. The van der Waals surface area contributed by atoms with Gasteiger partial charge in [0.2, 0.25) is 5.91 Å². The number of carbonyl (C=O) groups is 2. The van der Waals surface area contributed by atoms with Gasteiger partial charge in [0.25, 0.3) is 0 Å². The fourth-order valence-corrected chi connectivity index (χ4v) is 6.36. The predicted octanol–water partition coefficient (Wildman–Crippen LogP) is 8.06. The number of aryl methyl sites for hydroxylation is 1. The summed E-state index contributed by atoms with van der Waals surface area (Å²) in [6.45, 7) is 8.94. The Kier molecular flexibility index (Phi) is 8.27. The first-order valence-electron chi connectivity index (χ1n) is 15.4. The topological polar surface area (TPSA) is 97.8 Å². The lowest BCUT2D eigenvalue weighted by molar-refractivity contribution is -0.123. The maximum atomic E-state index is 13.8. The van der Waals surface area contributed by atoms with Crippen molar-refractivity contribution in [1.82, 2.24) is 9.55 Å². The van der Waals surface area contributed by atoms with Gasteiger partial charge >= 0.3 is 5.97 Å². The van der Waals surface area contributed by atoms with Gasteiger partial charge in [-0.25, -0.2) is 9.78 Å². The molecule has 1 aliphatic carbocycles. The number of anilines is 1. The van der Waals surface area contributed by atoms with E-state index in [1.54, 1.807) is 17.2 Å². The van der Waals surface area contributed by atoms with Crippen molar-refractivity contribution in [3.8, 4) is 5.69 Å². The molecule has 0 radical (unpaired) electrons. The first-order valence-corrected chi connectivity index (χ1v) is 15.4. The number of carboxylic acid groups (broad SMARTS) is 1. The highest BCUT2D eigenvalue weighted by molar-refractivity contribution is 6.12. The van der Waals surface area contributed by atoms with Gasteiger partial charge in [-0.3, -0.25) is 4.79 Å². The summed E-state index contributed by atoms with van der Waals surface area (Å²) in [5.41, 5.74) is 4.72. The molecule has 1 amide bonds. The fourth-order valence-electron chi connectivity index (χ4n) is 6.36. The highest BCUT2D eigenvalue weighted by Gasteiger charge is 2.33. The average molecular weight is 594 g/mol. The number of aromatic nitrogens is 2. The van der Waals surface area contributed by atoms with Gasteiger partial charge in [-0.15, -0.1) is 0 Å². The summed E-state index contributed by atoms with van der Waals surface area (Å²) in [6.07, 6.45) is 7.43. The van der Waals surface area contributed by atoms with Crippen LogP contribution in [0, 0.1) is 18.8 Å². The molecular formula is C36H39N3O5. The molecule has 0 bridgehead atoms. The Morgan fingerprint density at radius 3 is 2.32 bits per heavy atom. The minimum Gasteiger partial charge on any atom is -0.478 e. The van der Waals surface area contributed by atoms with Crippen LogP contribution in [0.4, 0.5) is 5.69 Å². The van der Waals surface area contributed by atoms with Crippen molar-refractivity contribution in [2.24, 2.45) is 11.8 Å². The van der Waals surface area contributed by atoms with Gasteiger partial charge in [0, 0.05) is 40.8 Å². The zero-order chi connectivity index (χ0) is 31.0. The molecule has 2 aromatic heterocycles. The molecule has 5 aromatic rings. The summed E-state index contributed by atoms with van der Waals surface area (Å²) >= 11 is 0. The van der Waals surface area contributed by atoms with Crippen LogP contribution in [0.25, 0.3) is 27.6 Å². The molecule has 2 heterocycles. The second-order valence-electron chi connectivity index (χ2n) is 12.4. The van der Waals surface area contributed by atoms with Crippen molar-refractivity contribution in [2.45, 2.75) is 72.6 Å². The maximum Gasteiger partial charge on any atom is 0.337 e. The van der Waals surface area contributed by atoms with Gasteiger partial charge in [-0.2, -0.15) is 0 Å². The van der Waals surface area contributed by atoms with E-state index < -0.39 is 5.97 Å². The number of furan rings is 1. The number of rotatable bonds is 9. The molecule has 44 heavy (non-hydrogen) atoms. The summed E-state index contributed by atoms with van der Waals surface area (Å²) < 4.78 is 14.2. The largest absolute Gasteiger partial charge is 0.478 e. The fraction of sp³-hybridized carbons (Fsp3) is 0.361. The minimum atomic E-state index is -1.08. The molecule has 1 fully saturated rings. The molecule has 1 saturated carbocycles. The van der Waals surface area contributed by atoms with Crippen LogP contribution >= 0.6 is 0 Å². The van der Waals surface area contributed by atoms with Crippen LogP contribution in [0.3, 0.4) is 0 Å². The molecule has 1 N–H and O–H groups in total. The van der Waals surface area contributed by atoms with Crippen LogP contribution in [0.1, 0.15) is 73.8 Å². The van der Waals surface area contributed by atoms with Gasteiger partial charge in [-0.05, 0) is 99.9 Å². The number of aromatic carboxylic acids is 1. The molecule has 3 aromatic carbocycles. The number of amides is 1. The highest BCUT2D eigenvalue weighted by Crippen LogP contribution is 2.38.